The molecule has 3 rings (SSSR count). The molecule has 2 aromatic heterocycles. The Hall–Kier alpha value is -1.15. The summed E-state index contributed by atoms with van der Waals surface area (Å²) in [6.45, 7) is 0.243. The molecule has 1 aliphatic carbocycles. The van der Waals surface area contributed by atoms with Crippen LogP contribution in [-0.4, -0.2) is 24.6 Å². The van der Waals surface area contributed by atoms with Gasteiger partial charge in [0.2, 0.25) is 10.0 Å². The van der Waals surface area contributed by atoms with Gasteiger partial charge in [-0.25, -0.2) is 13.1 Å². The molecule has 0 bridgehead atoms. The average Bonchev–Trinajstić information content (AvgIpc) is 3.00. The minimum atomic E-state index is -3.51. The van der Waals surface area contributed by atoms with Gasteiger partial charge in [0.05, 0.1) is 11.5 Å². The minimum Gasteiger partial charge on any atom is -0.390 e. The lowest BCUT2D eigenvalue weighted by molar-refractivity contribution is 0.270. The van der Waals surface area contributed by atoms with E-state index in [2.05, 4.69) is 4.72 Å². The van der Waals surface area contributed by atoms with Crippen molar-refractivity contribution >= 4 is 21.4 Å². The number of hydrogen-bond donors (Lipinski definition) is 2. The van der Waals surface area contributed by atoms with Crippen LogP contribution in [0.15, 0.2) is 34.7 Å². The number of rotatable bonds is 7. The molecule has 2 N–H and O–H groups in total. The van der Waals surface area contributed by atoms with Crippen molar-refractivity contribution in [3.63, 3.8) is 0 Å². The highest BCUT2D eigenvalue weighted by molar-refractivity contribution is 7.89. The molecule has 0 radical (unpaired) electrons. The number of nitrogens with one attached hydrogen (secondary N) is 1. The molecule has 0 saturated heterocycles. The summed E-state index contributed by atoms with van der Waals surface area (Å²) in [6, 6.07) is 5.86. The lowest BCUT2D eigenvalue weighted by Gasteiger charge is -2.04. The molecular formula is C14H18N2O3S2. The van der Waals surface area contributed by atoms with Crippen LogP contribution >= 0.6 is 11.3 Å². The van der Waals surface area contributed by atoms with E-state index in [4.69, 9.17) is 0 Å². The number of aliphatic hydroxyl groups excluding tert-OH is 1. The van der Waals surface area contributed by atoms with Gasteiger partial charge in [0.15, 0.2) is 0 Å². The second-order valence-electron chi connectivity index (χ2n) is 5.19. The molecule has 1 saturated carbocycles. The first-order valence-electron chi connectivity index (χ1n) is 6.94. The quantitative estimate of drug-likeness (QED) is 0.816. The van der Waals surface area contributed by atoms with Crippen molar-refractivity contribution in [1.29, 1.82) is 0 Å². The van der Waals surface area contributed by atoms with Crippen LogP contribution in [-0.2, 0) is 23.1 Å². The van der Waals surface area contributed by atoms with Gasteiger partial charge in [0.25, 0.3) is 0 Å². The van der Waals surface area contributed by atoms with E-state index in [0.29, 0.717) is 24.7 Å². The first-order chi connectivity index (χ1) is 10.1. The van der Waals surface area contributed by atoms with Crippen molar-refractivity contribution in [1.82, 2.24) is 9.29 Å². The second-order valence-corrected chi connectivity index (χ2v) is 7.99. The zero-order chi connectivity index (χ0) is 14.9. The van der Waals surface area contributed by atoms with Crippen LogP contribution in [0.3, 0.4) is 0 Å². The second kappa shape index (κ2) is 5.92. The van der Waals surface area contributed by atoms with Crippen molar-refractivity contribution in [2.75, 3.05) is 6.54 Å². The fourth-order valence-corrected chi connectivity index (χ4v) is 4.10. The van der Waals surface area contributed by atoms with Gasteiger partial charge >= 0.3 is 0 Å². The Balaban J connectivity index is 1.69. The molecule has 0 atom stereocenters. The highest BCUT2D eigenvalue weighted by atomic mass is 32.2. The van der Waals surface area contributed by atoms with Crippen LogP contribution in [0.25, 0.3) is 0 Å². The van der Waals surface area contributed by atoms with Gasteiger partial charge in [0, 0.05) is 29.4 Å². The molecule has 2 aromatic rings. The highest BCUT2D eigenvalue weighted by Crippen LogP contribution is 2.37. The average molecular weight is 326 g/mol. The Morgan fingerprint density at radius 2 is 2.24 bits per heavy atom. The Morgan fingerprint density at radius 3 is 2.86 bits per heavy atom. The van der Waals surface area contributed by atoms with E-state index in [-0.39, 0.29) is 11.5 Å². The fourth-order valence-electron chi connectivity index (χ4n) is 2.31. The van der Waals surface area contributed by atoms with Crippen LogP contribution in [0.2, 0.25) is 0 Å². The Kier molecular flexibility index (Phi) is 4.17. The van der Waals surface area contributed by atoms with E-state index >= 15 is 0 Å². The molecule has 0 spiro atoms. The van der Waals surface area contributed by atoms with Gasteiger partial charge in [-0.15, -0.1) is 11.3 Å². The van der Waals surface area contributed by atoms with Crippen molar-refractivity contribution in [3.8, 4) is 0 Å². The lowest BCUT2D eigenvalue weighted by atomic mass is 10.3. The van der Waals surface area contributed by atoms with E-state index < -0.39 is 10.0 Å². The number of nitrogens with zero attached hydrogens (tertiary/aromatic N) is 1. The van der Waals surface area contributed by atoms with Gasteiger partial charge in [0.1, 0.15) is 0 Å². The Labute approximate surface area is 128 Å². The first-order valence-corrected chi connectivity index (χ1v) is 9.30. The standard InChI is InChI=1S/C14H18N2O3S2/c17-10-12-8-14(9-16(12)11-3-4-11)21(18,19)15-6-5-13-2-1-7-20-13/h1-2,7-9,11,15,17H,3-6,10H2. The van der Waals surface area contributed by atoms with E-state index in [9.17, 15) is 13.5 Å². The molecule has 7 heteroatoms. The third-order valence-corrected chi connectivity index (χ3v) is 5.93. The predicted octanol–water partition coefficient (Wildman–Crippen LogP) is 1.90. The fraction of sp³-hybridized carbons (Fsp3) is 0.429. The summed E-state index contributed by atoms with van der Waals surface area (Å²) in [5, 5.41) is 11.3. The zero-order valence-corrected chi connectivity index (χ0v) is 13.2. The highest BCUT2D eigenvalue weighted by Gasteiger charge is 2.27. The maximum atomic E-state index is 12.3. The molecule has 114 valence electrons. The van der Waals surface area contributed by atoms with Crippen LogP contribution in [0.1, 0.15) is 29.5 Å². The molecular weight excluding hydrogens is 308 g/mol. The number of aliphatic hydroxyl groups is 1. The Morgan fingerprint density at radius 1 is 1.43 bits per heavy atom. The van der Waals surface area contributed by atoms with Crippen LogP contribution in [0.5, 0.6) is 0 Å². The monoisotopic (exact) mass is 326 g/mol. The van der Waals surface area contributed by atoms with Gasteiger partial charge < -0.3 is 9.67 Å². The largest absolute Gasteiger partial charge is 0.390 e. The normalized spacial score (nSPS) is 15.5. The van der Waals surface area contributed by atoms with Gasteiger partial charge in [-0.05, 0) is 36.8 Å². The molecule has 5 nitrogen and oxygen atoms in total. The van der Waals surface area contributed by atoms with Crippen molar-refractivity contribution in [2.24, 2.45) is 0 Å². The van der Waals surface area contributed by atoms with E-state index in [1.165, 1.54) is 0 Å². The third-order valence-electron chi connectivity index (χ3n) is 3.56. The molecule has 2 heterocycles. The van der Waals surface area contributed by atoms with Crippen molar-refractivity contribution in [3.05, 3.63) is 40.3 Å². The number of hydrogen-bond acceptors (Lipinski definition) is 4. The summed E-state index contributed by atoms with van der Waals surface area (Å²) in [6.07, 6.45) is 4.42. The van der Waals surface area contributed by atoms with Gasteiger partial charge in [-0.2, -0.15) is 0 Å². The van der Waals surface area contributed by atoms with E-state index in [1.807, 2.05) is 22.1 Å². The lowest BCUT2D eigenvalue weighted by Crippen LogP contribution is -2.25. The van der Waals surface area contributed by atoms with Crippen molar-refractivity contribution in [2.45, 2.75) is 36.8 Å². The predicted molar refractivity (Wildman–Crippen MR) is 81.8 cm³/mol. The molecule has 0 amide bonds. The maximum absolute atomic E-state index is 12.3. The zero-order valence-electron chi connectivity index (χ0n) is 11.5. The topological polar surface area (TPSA) is 71.3 Å². The number of sulfonamides is 1. The van der Waals surface area contributed by atoms with E-state index in [0.717, 1.165) is 17.7 Å². The molecule has 0 unspecified atom stereocenters. The van der Waals surface area contributed by atoms with Gasteiger partial charge in [-0.3, -0.25) is 0 Å². The minimum absolute atomic E-state index is 0.138. The Bertz CT molecular complexity index is 701. The molecule has 1 fully saturated rings. The SMILES string of the molecule is O=S(=O)(NCCc1cccs1)c1cc(CO)n(C2CC2)c1. The third kappa shape index (κ3) is 3.37. The van der Waals surface area contributed by atoms with E-state index in [1.54, 1.807) is 23.6 Å². The van der Waals surface area contributed by atoms with Crippen LogP contribution in [0, 0.1) is 0 Å². The van der Waals surface area contributed by atoms with Crippen molar-refractivity contribution < 1.29 is 13.5 Å². The smallest absolute Gasteiger partial charge is 0.242 e. The summed E-state index contributed by atoms with van der Waals surface area (Å²) in [7, 11) is -3.51. The number of aromatic nitrogens is 1. The van der Waals surface area contributed by atoms with Crippen LogP contribution in [0.4, 0.5) is 0 Å². The summed E-state index contributed by atoms with van der Waals surface area (Å²) < 4.78 is 29.1. The first kappa shape index (κ1) is 14.8. The summed E-state index contributed by atoms with van der Waals surface area (Å²) in [5.74, 6) is 0. The summed E-state index contributed by atoms with van der Waals surface area (Å²) >= 11 is 1.62. The molecule has 0 aliphatic heterocycles. The maximum Gasteiger partial charge on any atom is 0.242 e. The summed E-state index contributed by atoms with van der Waals surface area (Å²) in [5.41, 5.74) is 0.663. The molecule has 21 heavy (non-hydrogen) atoms. The molecule has 1 aliphatic rings. The summed E-state index contributed by atoms with van der Waals surface area (Å²) in [4.78, 5) is 1.40. The van der Waals surface area contributed by atoms with Gasteiger partial charge in [-0.1, -0.05) is 6.07 Å². The molecule has 0 aromatic carbocycles. The van der Waals surface area contributed by atoms with Crippen LogP contribution < -0.4 is 4.72 Å². The number of thiophene rings is 1.